The first-order valence-corrected chi connectivity index (χ1v) is 9.66. The minimum absolute atomic E-state index is 0.826. The van der Waals surface area contributed by atoms with Gasteiger partial charge in [-0.3, -0.25) is 0 Å². The Balaban J connectivity index is 1.97. The van der Waals surface area contributed by atoms with Gasteiger partial charge in [-0.15, -0.1) is 0 Å². The molecular formula is C21H15AlO3. The highest BCUT2D eigenvalue weighted by Crippen LogP contribution is 2.47. The first kappa shape index (κ1) is 14.8. The highest BCUT2D eigenvalue weighted by Gasteiger charge is 2.42. The molecule has 1 heterocycles. The van der Waals surface area contributed by atoms with E-state index in [9.17, 15) is 0 Å². The average Bonchev–Trinajstić information content (AvgIpc) is 2.84. The molecule has 1 aliphatic heterocycles. The van der Waals surface area contributed by atoms with E-state index in [0.717, 1.165) is 33.4 Å². The molecule has 0 aromatic heterocycles. The lowest BCUT2D eigenvalue weighted by Gasteiger charge is -2.15. The van der Waals surface area contributed by atoms with Crippen molar-refractivity contribution in [3.8, 4) is 22.6 Å². The Morgan fingerprint density at radius 1 is 0.640 bits per heavy atom. The van der Waals surface area contributed by atoms with Crippen LogP contribution in [0.1, 0.15) is 0 Å². The zero-order chi connectivity index (χ0) is 16.8. The van der Waals surface area contributed by atoms with E-state index in [4.69, 9.17) is 11.4 Å². The van der Waals surface area contributed by atoms with Gasteiger partial charge in [-0.05, 0) is 33.7 Å². The summed E-state index contributed by atoms with van der Waals surface area (Å²) in [6, 6.07) is 25.0. The lowest BCUT2D eigenvalue weighted by molar-refractivity contribution is 0.250. The maximum absolute atomic E-state index is 6.14. The molecular weight excluding hydrogens is 327 g/mol. The number of rotatable bonds is 1. The van der Waals surface area contributed by atoms with Crippen LogP contribution in [0.15, 0.2) is 72.8 Å². The Labute approximate surface area is 150 Å². The second kappa shape index (κ2) is 5.79. The van der Waals surface area contributed by atoms with Gasteiger partial charge in [0.2, 0.25) is 0 Å². The second-order valence-corrected chi connectivity index (χ2v) is 7.60. The Hall–Kier alpha value is -2.51. The summed E-state index contributed by atoms with van der Waals surface area (Å²) in [4.78, 5) is 0. The first-order chi connectivity index (χ1) is 12.3. The van der Waals surface area contributed by atoms with E-state index in [1.54, 1.807) is 7.11 Å². The number of benzene rings is 4. The van der Waals surface area contributed by atoms with E-state index in [-0.39, 0.29) is 0 Å². The summed E-state index contributed by atoms with van der Waals surface area (Å²) in [5.74, 6) is 1.65. The van der Waals surface area contributed by atoms with Crippen molar-refractivity contribution in [1.29, 1.82) is 0 Å². The van der Waals surface area contributed by atoms with Crippen LogP contribution in [-0.4, -0.2) is 22.3 Å². The average molecular weight is 342 g/mol. The molecule has 3 nitrogen and oxygen atoms in total. The summed E-state index contributed by atoms with van der Waals surface area (Å²) in [6.07, 6.45) is 0. The van der Waals surface area contributed by atoms with E-state index >= 15 is 0 Å². The largest absolute Gasteiger partial charge is 1.10 e. The van der Waals surface area contributed by atoms with Crippen LogP contribution in [-0.2, 0) is 3.79 Å². The van der Waals surface area contributed by atoms with Gasteiger partial charge < -0.3 is 11.4 Å². The van der Waals surface area contributed by atoms with E-state index in [1.165, 1.54) is 10.8 Å². The van der Waals surface area contributed by atoms with Crippen LogP contribution in [0.4, 0.5) is 0 Å². The van der Waals surface area contributed by atoms with E-state index in [2.05, 4.69) is 60.7 Å². The van der Waals surface area contributed by atoms with E-state index in [1.807, 2.05) is 12.1 Å². The minimum atomic E-state index is -2.29. The third-order valence-corrected chi connectivity index (χ3v) is 5.95. The van der Waals surface area contributed by atoms with Crippen molar-refractivity contribution >= 4 is 36.7 Å². The fourth-order valence-electron chi connectivity index (χ4n) is 3.54. The molecule has 0 fully saturated rings. The van der Waals surface area contributed by atoms with Crippen molar-refractivity contribution in [2.75, 3.05) is 7.11 Å². The number of fused-ring (bicyclic) bond motifs is 7. The summed E-state index contributed by atoms with van der Waals surface area (Å²) < 4.78 is 17.8. The van der Waals surface area contributed by atoms with Gasteiger partial charge in [0.15, 0.2) is 0 Å². The topological polar surface area (TPSA) is 27.7 Å². The molecule has 120 valence electrons. The van der Waals surface area contributed by atoms with Gasteiger partial charge in [-0.25, -0.2) is 0 Å². The van der Waals surface area contributed by atoms with Crippen LogP contribution < -0.4 is 7.58 Å². The summed E-state index contributed by atoms with van der Waals surface area (Å²) in [6.45, 7) is 0. The lowest BCUT2D eigenvalue weighted by atomic mass is 9.92. The van der Waals surface area contributed by atoms with Gasteiger partial charge in [0, 0.05) is 18.2 Å². The molecule has 1 aliphatic rings. The molecule has 0 radical (unpaired) electrons. The van der Waals surface area contributed by atoms with Crippen molar-refractivity contribution in [3.05, 3.63) is 72.8 Å². The molecule has 0 unspecified atom stereocenters. The lowest BCUT2D eigenvalue weighted by Crippen LogP contribution is -2.31. The predicted molar refractivity (Wildman–Crippen MR) is 101 cm³/mol. The maximum Gasteiger partial charge on any atom is 1.10 e. The monoisotopic (exact) mass is 342 g/mol. The van der Waals surface area contributed by atoms with Gasteiger partial charge in [0.1, 0.15) is 0 Å². The van der Waals surface area contributed by atoms with Crippen LogP contribution in [0, 0.1) is 0 Å². The standard InChI is InChI=1S/C20H14O2.CH3O.Al/c21-17-11-9-13-5-1-3-7-15(13)19(17)20-16-8-4-2-6-14(16)10-12-18(20)22;1-2;/h1-12,21-22H;1H3;/q;-1;+3/p-2. The Morgan fingerprint density at radius 3 is 1.60 bits per heavy atom. The molecule has 0 saturated heterocycles. The minimum Gasteiger partial charge on any atom is -0.588 e. The molecule has 0 atom stereocenters. The van der Waals surface area contributed by atoms with E-state index < -0.39 is 15.1 Å². The normalized spacial score (nSPS) is 12.9. The summed E-state index contributed by atoms with van der Waals surface area (Å²) >= 11 is -2.29. The summed E-state index contributed by atoms with van der Waals surface area (Å²) in [5.41, 5.74) is 2.16. The fraction of sp³-hybridized carbons (Fsp3) is 0.0476. The molecule has 25 heavy (non-hydrogen) atoms. The molecule has 0 aliphatic carbocycles. The second-order valence-electron chi connectivity index (χ2n) is 6.08. The zero-order valence-corrected chi connectivity index (χ0v) is 14.9. The van der Waals surface area contributed by atoms with Gasteiger partial charge in [0.25, 0.3) is 0 Å². The maximum atomic E-state index is 6.14. The van der Waals surface area contributed by atoms with Crippen LogP contribution in [0.5, 0.6) is 11.5 Å². The Morgan fingerprint density at radius 2 is 1.12 bits per heavy atom. The van der Waals surface area contributed by atoms with Crippen LogP contribution in [0.25, 0.3) is 32.7 Å². The molecule has 0 spiro atoms. The third kappa shape index (κ3) is 2.31. The van der Waals surface area contributed by atoms with Crippen molar-refractivity contribution < 1.29 is 11.4 Å². The summed E-state index contributed by atoms with van der Waals surface area (Å²) in [5, 5.41) is 4.68. The SMILES string of the molecule is C[O][Al]1[O]c2ccc3ccccc3c2-c2c(ccc3ccccc23)[O]1. The van der Waals surface area contributed by atoms with Gasteiger partial charge >= 0.3 is 15.1 Å². The summed E-state index contributed by atoms with van der Waals surface area (Å²) in [7, 11) is 1.64. The quantitative estimate of drug-likeness (QED) is 0.452. The fourth-order valence-corrected chi connectivity index (χ4v) is 4.59. The molecule has 4 aromatic rings. The third-order valence-electron chi connectivity index (χ3n) is 4.67. The molecule has 0 saturated carbocycles. The Bertz CT molecular complexity index is 1020. The van der Waals surface area contributed by atoms with Crippen LogP contribution >= 0.6 is 0 Å². The smallest absolute Gasteiger partial charge is 0.588 e. The Kier molecular flexibility index (Phi) is 3.43. The van der Waals surface area contributed by atoms with Crippen LogP contribution in [0.2, 0.25) is 0 Å². The van der Waals surface area contributed by atoms with Crippen molar-refractivity contribution in [1.82, 2.24) is 0 Å². The van der Waals surface area contributed by atoms with Gasteiger partial charge in [-0.1, -0.05) is 60.7 Å². The van der Waals surface area contributed by atoms with Crippen molar-refractivity contribution in [2.24, 2.45) is 0 Å². The number of hydrogen-bond donors (Lipinski definition) is 0. The molecule has 4 aromatic carbocycles. The predicted octanol–water partition coefficient (Wildman–Crippen LogP) is 5.06. The molecule has 4 heteroatoms. The van der Waals surface area contributed by atoms with Gasteiger partial charge in [0.05, 0.1) is 11.5 Å². The molecule has 0 amide bonds. The van der Waals surface area contributed by atoms with Crippen molar-refractivity contribution in [3.63, 3.8) is 0 Å². The van der Waals surface area contributed by atoms with Gasteiger partial charge in [-0.2, -0.15) is 0 Å². The molecule has 5 rings (SSSR count). The highest BCUT2D eigenvalue weighted by molar-refractivity contribution is 6.39. The van der Waals surface area contributed by atoms with Crippen LogP contribution in [0.3, 0.4) is 0 Å². The first-order valence-electron chi connectivity index (χ1n) is 8.25. The zero-order valence-electron chi connectivity index (χ0n) is 13.7. The number of hydrogen-bond acceptors (Lipinski definition) is 3. The van der Waals surface area contributed by atoms with E-state index in [0.29, 0.717) is 0 Å². The highest BCUT2D eigenvalue weighted by atomic mass is 27.3. The molecule has 0 N–H and O–H groups in total. The van der Waals surface area contributed by atoms with Crippen molar-refractivity contribution in [2.45, 2.75) is 0 Å². The molecule has 0 bridgehead atoms.